The van der Waals surface area contributed by atoms with Gasteiger partial charge in [-0.2, -0.15) is 0 Å². The SMILES string of the molecule is CCCCCC=CC(C#CCCCCCCC=O)[N+](=O)[O-]. The molecule has 118 valence electrons. The van der Waals surface area contributed by atoms with Crippen LogP contribution in [0.15, 0.2) is 12.2 Å². The molecule has 0 amide bonds. The van der Waals surface area contributed by atoms with Crippen molar-refractivity contribution in [3.63, 3.8) is 0 Å². The van der Waals surface area contributed by atoms with Crippen LogP contribution in [0, 0.1) is 22.0 Å². The van der Waals surface area contributed by atoms with Crippen molar-refractivity contribution in [1.29, 1.82) is 0 Å². The molecule has 4 heteroatoms. The highest BCUT2D eigenvalue weighted by Crippen LogP contribution is 2.04. The van der Waals surface area contributed by atoms with Crippen molar-refractivity contribution < 1.29 is 9.72 Å². The number of aldehydes is 1. The molecule has 0 aromatic heterocycles. The molecule has 0 heterocycles. The molecular weight excluding hydrogens is 266 g/mol. The summed E-state index contributed by atoms with van der Waals surface area (Å²) in [6, 6.07) is -0.873. The number of hydrogen-bond acceptors (Lipinski definition) is 3. The van der Waals surface area contributed by atoms with Crippen molar-refractivity contribution in [2.45, 2.75) is 77.2 Å². The molecule has 0 bridgehead atoms. The summed E-state index contributed by atoms with van der Waals surface area (Å²) >= 11 is 0. The van der Waals surface area contributed by atoms with Crippen molar-refractivity contribution in [3.8, 4) is 11.8 Å². The Morgan fingerprint density at radius 1 is 1.10 bits per heavy atom. The minimum absolute atomic E-state index is 0.340. The first-order chi connectivity index (χ1) is 10.2. The van der Waals surface area contributed by atoms with Gasteiger partial charge in [-0.25, -0.2) is 0 Å². The minimum Gasteiger partial charge on any atom is -0.303 e. The van der Waals surface area contributed by atoms with E-state index in [0.717, 1.165) is 57.7 Å². The molecule has 0 N–H and O–H groups in total. The fourth-order valence-corrected chi connectivity index (χ4v) is 1.88. The number of allylic oxidation sites excluding steroid dienone is 1. The van der Waals surface area contributed by atoms with E-state index in [-0.39, 0.29) is 4.92 Å². The zero-order chi connectivity index (χ0) is 15.8. The van der Waals surface area contributed by atoms with E-state index < -0.39 is 6.04 Å². The predicted molar refractivity (Wildman–Crippen MR) is 85.6 cm³/mol. The fourth-order valence-electron chi connectivity index (χ4n) is 1.88. The lowest BCUT2D eigenvalue weighted by atomic mass is 10.1. The molecule has 0 spiro atoms. The van der Waals surface area contributed by atoms with Gasteiger partial charge in [-0.15, -0.1) is 0 Å². The van der Waals surface area contributed by atoms with Crippen molar-refractivity contribution >= 4 is 6.29 Å². The molecular formula is C17H27NO3. The van der Waals surface area contributed by atoms with E-state index in [1.165, 1.54) is 0 Å². The molecule has 0 rings (SSSR count). The first-order valence-electron chi connectivity index (χ1n) is 7.94. The maximum Gasteiger partial charge on any atom is 0.290 e. The summed E-state index contributed by atoms with van der Waals surface area (Å²) in [6.45, 7) is 2.13. The van der Waals surface area contributed by atoms with Crippen LogP contribution in [0.25, 0.3) is 0 Å². The number of rotatable bonds is 12. The van der Waals surface area contributed by atoms with Crippen LogP contribution in [-0.4, -0.2) is 17.3 Å². The zero-order valence-corrected chi connectivity index (χ0v) is 13.1. The second kappa shape index (κ2) is 14.8. The molecule has 0 fully saturated rings. The summed E-state index contributed by atoms with van der Waals surface area (Å²) < 4.78 is 0. The Morgan fingerprint density at radius 2 is 1.81 bits per heavy atom. The average molecular weight is 293 g/mol. The molecule has 0 aliphatic heterocycles. The number of unbranched alkanes of at least 4 members (excludes halogenated alkanes) is 8. The topological polar surface area (TPSA) is 60.2 Å². The van der Waals surface area contributed by atoms with Crippen LogP contribution in [0.4, 0.5) is 0 Å². The van der Waals surface area contributed by atoms with Crippen LogP contribution in [0.5, 0.6) is 0 Å². The summed E-state index contributed by atoms with van der Waals surface area (Å²) in [5, 5.41) is 10.9. The van der Waals surface area contributed by atoms with E-state index in [0.29, 0.717) is 12.8 Å². The van der Waals surface area contributed by atoms with Gasteiger partial charge in [-0.1, -0.05) is 44.6 Å². The maximum absolute atomic E-state index is 10.9. The summed E-state index contributed by atoms with van der Waals surface area (Å²) in [4.78, 5) is 20.7. The predicted octanol–water partition coefficient (Wildman–Crippen LogP) is 4.31. The monoisotopic (exact) mass is 293 g/mol. The lowest BCUT2D eigenvalue weighted by Crippen LogP contribution is -2.13. The Labute approximate surface area is 128 Å². The van der Waals surface area contributed by atoms with Crippen LogP contribution in [0.3, 0.4) is 0 Å². The molecule has 4 nitrogen and oxygen atoms in total. The van der Waals surface area contributed by atoms with Gasteiger partial charge in [0.15, 0.2) is 0 Å². The van der Waals surface area contributed by atoms with Gasteiger partial charge in [0, 0.05) is 17.8 Å². The first-order valence-corrected chi connectivity index (χ1v) is 7.94. The summed E-state index contributed by atoms with van der Waals surface area (Å²) in [6.07, 6.45) is 13.9. The summed E-state index contributed by atoms with van der Waals surface area (Å²) in [7, 11) is 0. The summed E-state index contributed by atoms with van der Waals surface area (Å²) in [5.74, 6) is 5.62. The van der Waals surface area contributed by atoms with Gasteiger partial charge in [0.25, 0.3) is 6.04 Å². The molecule has 1 unspecified atom stereocenters. The normalized spacial score (nSPS) is 11.9. The van der Waals surface area contributed by atoms with E-state index in [1.807, 2.05) is 6.08 Å². The van der Waals surface area contributed by atoms with Crippen LogP contribution in [0.2, 0.25) is 0 Å². The van der Waals surface area contributed by atoms with Crippen LogP contribution in [-0.2, 0) is 4.79 Å². The molecule has 0 saturated heterocycles. The van der Waals surface area contributed by atoms with Crippen molar-refractivity contribution in [3.05, 3.63) is 22.3 Å². The third-order valence-corrected chi connectivity index (χ3v) is 3.14. The smallest absolute Gasteiger partial charge is 0.290 e. The number of hydrogen-bond donors (Lipinski definition) is 0. The molecule has 21 heavy (non-hydrogen) atoms. The van der Waals surface area contributed by atoms with Gasteiger partial charge in [0.05, 0.1) is 0 Å². The van der Waals surface area contributed by atoms with Gasteiger partial charge in [0.2, 0.25) is 0 Å². The van der Waals surface area contributed by atoms with Gasteiger partial charge in [0.1, 0.15) is 6.29 Å². The Kier molecular flexibility index (Phi) is 13.6. The molecule has 0 aliphatic rings. The Morgan fingerprint density at radius 3 is 2.48 bits per heavy atom. The van der Waals surface area contributed by atoms with Crippen molar-refractivity contribution in [2.24, 2.45) is 0 Å². The van der Waals surface area contributed by atoms with Gasteiger partial charge in [-0.05, 0) is 37.7 Å². The molecule has 1 atom stereocenters. The molecule has 0 aliphatic carbocycles. The van der Waals surface area contributed by atoms with Gasteiger partial charge >= 0.3 is 0 Å². The van der Waals surface area contributed by atoms with E-state index in [9.17, 15) is 14.9 Å². The third kappa shape index (κ3) is 13.1. The number of nitrogens with zero attached hydrogens (tertiary/aromatic N) is 1. The first kappa shape index (κ1) is 19.4. The second-order valence-corrected chi connectivity index (χ2v) is 5.09. The highest BCUT2D eigenvalue weighted by Gasteiger charge is 2.10. The highest BCUT2D eigenvalue weighted by atomic mass is 16.6. The van der Waals surface area contributed by atoms with Crippen LogP contribution >= 0.6 is 0 Å². The average Bonchev–Trinajstić information content (AvgIpc) is 2.47. The third-order valence-electron chi connectivity index (χ3n) is 3.14. The minimum atomic E-state index is -0.873. The second-order valence-electron chi connectivity index (χ2n) is 5.09. The number of carbonyl (C=O) groups is 1. The zero-order valence-electron chi connectivity index (χ0n) is 13.1. The molecule has 0 aromatic rings. The molecule has 0 saturated carbocycles. The highest BCUT2D eigenvalue weighted by molar-refractivity contribution is 5.48. The molecule has 0 radical (unpaired) electrons. The van der Waals surface area contributed by atoms with E-state index in [2.05, 4.69) is 18.8 Å². The lowest BCUT2D eigenvalue weighted by Gasteiger charge is -1.97. The van der Waals surface area contributed by atoms with Crippen molar-refractivity contribution in [2.75, 3.05) is 0 Å². The quantitative estimate of drug-likeness (QED) is 0.134. The van der Waals surface area contributed by atoms with E-state index in [4.69, 9.17) is 0 Å². The lowest BCUT2D eigenvalue weighted by molar-refractivity contribution is -0.493. The van der Waals surface area contributed by atoms with Crippen LogP contribution < -0.4 is 0 Å². The maximum atomic E-state index is 10.9. The Balaban J connectivity index is 3.90. The number of nitro groups is 1. The summed E-state index contributed by atoms with van der Waals surface area (Å²) in [5.41, 5.74) is 0. The van der Waals surface area contributed by atoms with Crippen LogP contribution in [0.1, 0.15) is 71.1 Å². The standard InChI is InChI=1S/C17H27NO3/c1-2-3-4-8-11-14-17(18(20)21)15-12-9-6-5-7-10-13-16-19/h11,14,16-17H,2-10,13H2,1H3. The van der Waals surface area contributed by atoms with Crippen molar-refractivity contribution in [1.82, 2.24) is 0 Å². The Hall–Kier alpha value is -1.63. The Bertz CT molecular complexity index is 366. The fraction of sp³-hybridized carbons (Fsp3) is 0.706. The van der Waals surface area contributed by atoms with E-state index in [1.54, 1.807) is 6.08 Å². The van der Waals surface area contributed by atoms with Gasteiger partial charge < -0.3 is 4.79 Å². The largest absolute Gasteiger partial charge is 0.303 e. The molecule has 0 aromatic carbocycles. The van der Waals surface area contributed by atoms with Gasteiger partial charge in [-0.3, -0.25) is 10.1 Å². The van der Waals surface area contributed by atoms with E-state index >= 15 is 0 Å². The number of carbonyl (C=O) groups excluding carboxylic acids is 1.